The fourth-order valence-electron chi connectivity index (χ4n) is 2.34. The van der Waals surface area contributed by atoms with Gasteiger partial charge in [-0.2, -0.15) is 0 Å². The summed E-state index contributed by atoms with van der Waals surface area (Å²) in [6, 6.07) is 15.8. The highest BCUT2D eigenvalue weighted by Crippen LogP contribution is 2.44. The third-order valence-electron chi connectivity index (χ3n) is 3.07. The molecule has 0 aliphatic heterocycles. The molecular formula is C15H11O2+. The van der Waals surface area contributed by atoms with E-state index in [4.69, 9.17) is 4.74 Å². The summed E-state index contributed by atoms with van der Waals surface area (Å²) in [6.45, 7) is 0. The first-order valence-corrected chi connectivity index (χ1v) is 5.47. The van der Waals surface area contributed by atoms with Crippen molar-refractivity contribution in [1.29, 1.82) is 0 Å². The summed E-state index contributed by atoms with van der Waals surface area (Å²) in [7, 11) is 1.42. The molecule has 0 heterocycles. The van der Waals surface area contributed by atoms with E-state index in [-0.39, 0.29) is 5.97 Å². The SMILES string of the molecule is COC(=O)[C+]1c2ccccc2-c2ccccc21. The van der Waals surface area contributed by atoms with Gasteiger partial charge in [-0.25, -0.2) is 4.79 Å². The maximum Gasteiger partial charge on any atom is 0.375 e. The largest absolute Gasteiger partial charge is 0.459 e. The van der Waals surface area contributed by atoms with Gasteiger partial charge in [-0.1, -0.05) is 0 Å². The Morgan fingerprint density at radius 2 is 1.41 bits per heavy atom. The zero-order valence-electron chi connectivity index (χ0n) is 9.44. The summed E-state index contributed by atoms with van der Waals surface area (Å²) in [6.07, 6.45) is 0. The van der Waals surface area contributed by atoms with Crippen molar-refractivity contribution in [3.8, 4) is 11.1 Å². The van der Waals surface area contributed by atoms with Crippen LogP contribution in [0.2, 0.25) is 0 Å². The van der Waals surface area contributed by atoms with Crippen LogP contribution >= 0.6 is 0 Å². The van der Waals surface area contributed by atoms with Gasteiger partial charge in [0.05, 0.1) is 18.2 Å². The molecule has 2 aromatic carbocycles. The van der Waals surface area contributed by atoms with Crippen molar-refractivity contribution < 1.29 is 9.53 Å². The summed E-state index contributed by atoms with van der Waals surface area (Å²) in [5.41, 5.74) is 4.12. The third-order valence-corrected chi connectivity index (χ3v) is 3.07. The van der Waals surface area contributed by atoms with Crippen molar-refractivity contribution in [2.24, 2.45) is 0 Å². The Morgan fingerprint density at radius 3 is 1.88 bits per heavy atom. The zero-order chi connectivity index (χ0) is 11.8. The molecule has 1 aliphatic carbocycles. The van der Waals surface area contributed by atoms with E-state index in [1.165, 1.54) is 7.11 Å². The molecule has 17 heavy (non-hydrogen) atoms. The standard InChI is InChI=1S/C15H11O2/c1-17-15(16)14-12-8-4-2-6-10(12)11-7-3-5-9-13(11)14/h2-9H,1H3/q+1. The van der Waals surface area contributed by atoms with Crippen LogP contribution in [-0.4, -0.2) is 13.1 Å². The summed E-state index contributed by atoms with van der Waals surface area (Å²) < 4.78 is 4.87. The molecule has 0 fully saturated rings. The lowest BCUT2D eigenvalue weighted by molar-refractivity contribution is -0.137. The average Bonchev–Trinajstić information content (AvgIpc) is 2.72. The molecule has 0 saturated carbocycles. The maximum absolute atomic E-state index is 11.9. The predicted octanol–water partition coefficient (Wildman–Crippen LogP) is 2.81. The fraction of sp³-hybridized carbons (Fsp3) is 0.0667. The van der Waals surface area contributed by atoms with E-state index in [0.29, 0.717) is 5.92 Å². The molecule has 82 valence electrons. The second-order valence-electron chi connectivity index (χ2n) is 3.96. The Bertz CT molecular complexity index is 541. The Balaban J connectivity index is 2.27. The molecule has 2 nitrogen and oxygen atoms in total. The summed E-state index contributed by atoms with van der Waals surface area (Å²) in [5, 5.41) is 0. The lowest BCUT2D eigenvalue weighted by atomic mass is 9.97. The highest BCUT2D eigenvalue weighted by Gasteiger charge is 2.41. The van der Waals surface area contributed by atoms with Gasteiger partial charge in [-0.15, -0.1) is 0 Å². The first-order chi connectivity index (χ1) is 8.33. The van der Waals surface area contributed by atoms with E-state index in [1.54, 1.807) is 0 Å². The number of esters is 1. The smallest absolute Gasteiger partial charge is 0.375 e. The lowest BCUT2D eigenvalue weighted by Gasteiger charge is -2.03. The van der Waals surface area contributed by atoms with Gasteiger partial charge in [0, 0.05) is 12.1 Å². The van der Waals surface area contributed by atoms with Crippen molar-refractivity contribution in [2.75, 3.05) is 7.11 Å². The molecule has 2 heteroatoms. The number of methoxy groups -OCH3 is 1. The molecular weight excluding hydrogens is 212 g/mol. The van der Waals surface area contributed by atoms with Crippen LogP contribution in [0.25, 0.3) is 11.1 Å². The van der Waals surface area contributed by atoms with Gasteiger partial charge in [0.2, 0.25) is 0 Å². The number of hydrogen-bond donors (Lipinski definition) is 0. The van der Waals surface area contributed by atoms with Crippen LogP contribution in [0.4, 0.5) is 0 Å². The molecule has 1 aliphatic rings. The second-order valence-corrected chi connectivity index (χ2v) is 3.96. The highest BCUT2D eigenvalue weighted by atomic mass is 16.5. The maximum atomic E-state index is 11.9. The van der Waals surface area contributed by atoms with Crippen LogP contribution in [0.1, 0.15) is 11.1 Å². The molecule has 0 radical (unpaired) electrons. The average molecular weight is 223 g/mol. The van der Waals surface area contributed by atoms with E-state index in [2.05, 4.69) is 0 Å². The van der Waals surface area contributed by atoms with E-state index in [0.717, 1.165) is 22.3 Å². The number of ether oxygens (including phenoxy) is 1. The number of fused-ring (bicyclic) bond motifs is 3. The third kappa shape index (κ3) is 1.34. The Labute approximate surface area is 99.9 Å². The fourth-order valence-corrected chi connectivity index (χ4v) is 2.34. The van der Waals surface area contributed by atoms with Gasteiger partial charge < -0.3 is 4.74 Å². The summed E-state index contributed by atoms with van der Waals surface area (Å²) in [4.78, 5) is 11.9. The zero-order valence-corrected chi connectivity index (χ0v) is 9.44. The molecule has 2 aromatic rings. The Morgan fingerprint density at radius 1 is 0.941 bits per heavy atom. The predicted molar refractivity (Wildman–Crippen MR) is 65.3 cm³/mol. The van der Waals surface area contributed by atoms with Gasteiger partial charge in [-0.05, 0) is 36.4 Å². The van der Waals surface area contributed by atoms with Crippen LogP contribution in [0.3, 0.4) is 0 Å². The number of rotatable bonds is 1. The summed E-state index contributed by atoms with van der Waals surface area (Å²) in [5.74, 6) is 0.390. The number of benzene rings is 2. The number of hydrogen-bond acceptors (Lipinski definition) is 2. The van der Waals surface area contributed by atoms with Crippen LogP contribution in [0.5, 0.6) is 0 Å². The molecule has 0 N–H and O–H groups in total. The molecule has 0 bridgehead atoms. The highest BCUT2D eigenvalue weighted by molar-refractivity contribution is 6.03. The van der Waals surface area contributed by atoms with Crippen molar-refractivity contribution in [2.45, 2.75) is 0 Å². The second kappa shape index (κ2) is 3.67. The Kier molecular flexibility index (Phi) is 2.15. The van der Waals surface area contributed by atoms with Gasteiger partial charge >= 0.3 is 5.97 Å². The van der Waals surface area contributed by atoms with Crippen molar-refractivity contribution in [1.82, 2.24) is 0 Å². The topological polar surface area (TPSA) is 26.3 Å². The van der Waals surface area contributed by atoms with E-state index < -0.39 is 0 Å². The van der Waals surface area contributed by atoms with Gasteiger partial charge in [0.1, 0.15) is 11.1 Å². The molecule has 0 amide bonds. The van der Waals surface area contributed by atoms with E-state index in [9.17, 15) is 4.79 Å². The van der Waals surface area contributed by atoms with Crippen molar-refractivity contribution in [3.63, 3.8) is 0 Å². The normalized spacial score (nSPS) is 11.9. The molecule has 3 rings (SSSR count). The Hall–Kier alpha value is -2.22. The lowest BCUT2D eigenvalue weighted by Crippen LogP contribution is -2.13. The van der Waals surface area contributed by atoms with Crippen LogP contribution in [0.15, 0.2) is 48.5 Å². The molecule has 0 unspecified atom stereocenters. The number of carbonyl (C=O) groups is 1. The van der Waals surface area contributed by atoms with E-state index >= 15 is 0 Å². The van der Waals surface area contributed by atoms with Gasteiger partial charge in [-0.3, -0.25) is 0 Å². The van der Waals surface area contributed by atoms with Crippen LogP contribution in [0, 0.1) is 5.92 Å². The molecule has 0 atom stereocenters. The van der Waals surface area contributed by atoms with E-state index in [1.807, 2.05) is 48.5 Å². The van der Waals surface area contributed by atoms with Crippen LogP contribution < -0.4 is 0 Å². The minimum absolute atomic E-state index is 0.276. The molecule has 0 saturated heterocycles. The summed E-state index contributed by atoms with van der Waals surface area (Å²) >= 11 is 0. The first-order valence-electron chi connectivity index (χ1n) is 5.47. The van der Waals surface area contributed by atoms with Gasteiger partial charge in [0.25, 0.3) is 0 Å². The number of carbonyl (C=O) groups excluding carboxylic acids is 1. The first kappa shape index (κ1) is 9.97. The minimum atomic E-state index is -0.276. The van der Waals surface area contributed by atoms with Crippen LogP contribution in [-0.2, 0) is 9.53 Å². The quantitative estimate of drug-likeness (QED) is 0.549. The minimum Gasteiger partial charge on any atom is -0.459 e. The molecule has 0 aromatic heterocycles. The molecule has 0 spiro atoms. The van der Waals surface area contributed by atoms with Crippen molar-refractivity contribution in [3.05, 3.63) is 65.6 Å². The van der Waals surface area contributed by atoms with Crippen molar-refractivity contribution >= 4 is 5.97 Å². The van der Waals surface area contributed by atoms with Gasteiger partial charge in [0.15, 0.2) is 5.92 Å². The monoisotopic (exact) mass is 223 g/mol.